The normalized spacial score (nSPS) is 18.1. The standard InChI is InChI=1S/C31H45N3O2.C5H12/c1-8-21(3)31(33-29(20-24(6)35)25-10-13-30(36-7)22(4)18-25)23(5)19-28(9-2)34-16-14-27(15-17-34)32-26-11-12-26;1-3-5-4-2/h9-10,13,18-21,26-27,32H,8,11-12,14-17H2,1-7H3;3-5H2,1-2H3/b23-19-,28-9+,29-20-,33-31-;. The zero-order valence-corrected chi connectivity index (χ0v) is 27.5. The zero-order valence-electron chi connectivity index (χ0n) is 27.5. The van der Waals surface area contributed by atoms with Crippen LogP contribution in [0.2, 0.25) is 0 Å². The summed E-state index contributed by atoms with van der Waals surface area (Å²) >= 11 is 0. The molecule has 1 aliphatic heterocycles. The molecule has 0 radical (unpaired) electrons. The molecule has 2 aliphatic rings. The van der Waals surface area contributed by atoms with Gasteiger partial charge in [-0.05, 0) is 101 Å². The third-order valence-corrected chi connectivity index (χ3v) is 8.03. The smallest absolute Gasteiger partial charge is 0.154 e. The molecule has 41 heavy (non-hydrogen) atoms. The number of nitrogens with one attached hydrogen (secondary N) is 1. The Morgan fingerprint density at radius 3 is 2.17 bits per heavy atom. The van der Waals surface area contributed by atoms with Gasteiger partial charge in [0, 0.05) is 48.2 Å². The van der Waals surface area contributed by atoms with Gasteiger partial charge in [-0.25, -0.2) is 0 Å². The second-order valence-corrected chi connectivity index (χ2v) is 11.7. The van der Waals surface area contributed by atoms with Gasteiger partial charge in [0.2, 0.25) is 0 Å². The highest BCUT2D eigenvalue weighted by Crippen LogP contribution is 2.28. The number of methoxy groups -OCH3 is 1. The van der Waals surface area contributed by atoms with Crippen LogP contribution < -0.4 is 10.1 Å². The van der Waals surface area contributed by atoms with Gasteiger partial charge in [-0.3, -0.25) is 9.79 Å². The first-order valence-corrected chi connectivity index (χ1v) is 16.0. The Balaban J connectivity index is 0.00000108. The van der Waals surface area contributed by atoms with Crippen LogP contribution in [-0.2, 0) is 4.79 Å². The molecule has 0 amide bonds. The van der Waals surface area contributed by atoms with Gasteiger partial charge in [0.15, 0.2) is 5.78 Å². The number of carbonyl (C=O) groups excluding carboxylic acids is 1. The highest BCUT2D eigenvalue weighted by Gasteiger charge is 2.27. The summed E-state index contributed by atoms with van der Waals surface area (Å²) < 4.78 is 5.43. The second-order valence-electron chi connectivity index (χ2n) is 11.7. The summed E-state index contributed by atoms with van der Waals surface area (Å²) in [5.74, 6) is 1.09. The summed E-state index contributed by atoms with van der Waals surface area (Å²) in [7, 11) is 1.67. The van der Waals surface area contributed by atoms with E-state index in [2.05, 4.69) is 63.9 Å². The Labute approximate surface area is 251 Å². The molecule has 1 aromatic rings. The number of allylic oxidation sites excluding steroid dienone is 4. The molecule has 1 unspecified atom stereocenters. The number of unbranched alkanes of at least 4 members (excludes halogenated alkanes) is 2. The quantitative estimate of drug-likeness (QED) is 0.148. The van der Waals surface area contributed by atoms with Crippen molar-refractivity contribution in [1.82, 2.24) is 10.2 Å². The number of ether oxygens (including phenoxy) is 1. The van der Waals surface area contributed by atoms with Crippen molar-refractivity contribution in [3.8, 4) is 5.75 Å². The summed E-state index contributed by atoms with van der Waals surface area (Å²) in [5, 5.41) is 3.79. The number of hydrogen-bond acceptors (Lipinski definition) is 5. The van der Waals surface area contributed by atoms with Gasteiger partial charge < -0.3 is 15.0 Å². The fourth-order valence-electron chi connectivity index (χ4n) is 5.21. The van der Waals surface area contributed by atoms with E-state index in [0.29, 0.717) is 11.7 Å². The summed E-state index contributed by atoms with van der Waals surface area (Å²) in [6, 6.07) is 7.39. The van der Waals surface area contributed by atoms with Crippen molar-refractivity contribution in [2.24, 2.45) is 10.9 Å². The van der Waals surface area contributed by atoms with Crippen LogP contribution in [-0.4, -0.2) is 48.7 Å². The Bertz CT molecular complexity index is 1080. The van der Waals surface area contributed by atoms with E-state index in [1.807, 2.05) is 25.1 Å². The number of piperidine rings is 1. The average Bonchev–Trinajstić information content (AvgIpc) is 3.78. The van der Waals surface area contributed by atoms with Crippen molar-refractivity contribution in [2.45, 2.75) is 119 Å². The molecular weight excluding hydrogens is 506 g/mol. The third-order valence-electron chi connectivity index (χ3n) is 8.03. The van der Waals surface area contributed by atoms with E-state index in [1.165, 1.54) is 50.6 Å². The highest BCUT2D eigenvalue weighted by molar-refractivity contribution is 6.06. The first-order valence-electron chi connectivity index (χ1n) is 16.0. The minimum Gasteiger partial charge on any atom is -0.496 e. The Morgan fingerprint density at radius 2 is 1.71 bits per heavy atom. The van der Waals surface area contributed by atoms with E-state index < -0.39 is 0 Å². The number of benzene rings is 1. The lowest BCUT2D eigenvalue weighted by Gasteiger charge is -2.35. The van der Waals surface area contributed by atoms with Gasteiger partial charge in [0.05, 0.1) is 12.8 Å². The molecule has 0 aromatic heterocycles. The minimum atomic E-state index is -0.0100. The summed E-state index contributed by atoms with van der Waals surface area (Å²) in [4.78, 5) is 19.8. The first-order chi connectivity index (χ1) is 19.7. The molecule has 5 nitrogen and oxygen atoms in total. The molecule has 0 bridgehead atoms. The molecular formula is C36H57N3O2. The van der Waals surface area contributed by atoms with Crippen molar-refractivity contribution >= 4 is 17.2 Å². The van der Waals surface area contributed by atoms with Gasteiger partial charge in [-0.2, -0.15) is 0 Å². The summed E-state index contributed by atoms with van der Waals surface area (Å²) in [6.07, 6.45) is 16.3. The maximum absolute atomic E-state index is 12.1. The number of nitrogens with zero attached hydrogens (tertiary/aromatic N) is 2. The Kier molecular flexibility index (Phi) is 15.2. The number of hydrogen-bond donors (Lipinski definition) is 1. The van der Waals surface area contributed by atoms with Crippen LogP contribution >= 0.6 is 0 Å². The van der Waals surface area contributed by atoms with E-state index in [4.69, 9.17) is 9.73 Å². The molecule has 1 saturated heterocycles. The van der Waals surface area contributed by atoms with E-state index >= 15 is 0 Å². The van der Waals surface area contributed by atoms with Crippen molar-refractivity contribution in [1.29, 1.82) is 0 Å². The number of ketones is 1. The van der Waals surface area contributed by atoms with Crippen molar-refractivity contribution in [3.05, 3.63) is 58.8 Å². The maximum Gasteiger partial charge on any atom is 0.154 e. The molecule has 2 fully saturated rings. The van der Waals surface area contributed by atoms with Gasteiger partial charge in [-0.1, -0.05) is 53.0 Å². The predicted octanol–water partition coefficient (Wildman–Crippen LogP) is 8.68. The van der Waals surface area contributed by atoms with E-state index in [0.717, 1.165) is 53.7 Å². The number of aryl methyl sites for hydroxylation is 1. The van der Waals surface area contributed by atoms with Crippen molar-refractivity contribution < 1.29 is 9.53 Å². The van der Waals surface area contributed by atoms with Gasteiger partial charge in [0.1, 0.15) is 5.75 Å². The summed E-state index contributed by atoms with van der Waals surface area (Å²) in [6.45, 7) is 18.8. The lowest BCUT2D eigenvalue weighted by molar-refractivity contribution is -0.112. The topological polar surface area (TPSA) is 53.9 Å². The van der Waals surface area contributed by atoms with Gasteiger partial charge in [0.25, 0.3) is 0 Å². The maximum atomic E-state index is 12.1. The Morgan fingerprint density at radius 1 is 1.07 bits per heavy atom. The molecule has 1 aliphatic carbocycles. The molecule has 228 valence electrons. The Hall–Kier alpha value is -2.66. The SMILES string of the molecule is CCCCC.C\C=C(/C=C(C)\C(=N/C(=C\C(C)=O)c1ccc(OC)c(C)c1)C(C)CC)N1CCC(NC2CC2)CC1. The number of carbonyl (C=O) groups is 1. The molecule has 3 rings (SSSR count). The summed E-state index contributed by atoms with van der Waals surface area (Å²) in [5.41, 5.74) is 6.08. The molecule has 1 saturated carbocycles. The second kappa shape index (κ2) is 18.0. The number of likely N-dealkylation sites (tertiary alicyclic amines) is 1. The van der Waals surface area contributed by atoms with Crippen molar-refractivity contribution in [2.75, 3.05) is 20.2 Å². The monoisotopic (exact) mass is 563 g/mol. The molecule has 1 atom stereocenters. The van der Waals surface area contributed by atoms with E-state index in [-0.39, 0.29) is 11.7 Å². The predicted molar refractivity (Wildman–Crippen MR) is 177 cm³/mol. The van der Waals surface area contributed by atoms with Crippen LogP contribution in [0.5, 0.6) is 5.75 Å². The van der Waals surface area contributed by atoms with E-state index in [9.17, 15) is 4.79 Å². The van der Waals surface area contributed by atoms with Crippen LogP contribution in [0.4, 0.5) is 0 Å². The van der Waals surface area contributed by atoms with E-state index in [1.54, 1.807) is 20.1 Å². The number of rotatable bonds is 13. The molecule has 0 spiro atoms. The van der Waals surface area contributed by atoms with Crippen LogP contribution in [0.15, 0.2) is 52.7 Å². The molecule has 5 heteroatoms. The fraction of sp³-hybridized carbons (Fsp3) is 0.611. The third kappa shape index (κ3) is 11.6. The first kappa shape index (κ1) is 34.5. The van der Waals surface area contributed by atoms with Gasteiger partial charge >= 0.3 is 0 Å². The molecule has 1 heterocycles. The highest BCUT2D eigenvalue weighted by atomic mass is 16.5. The molecule has 1 aromatic carbocycles. The largest absolute Gasteiger partial charge is 0.496 e. The average molecular weight is 564 g/mol. The fourth-order valence-corrected chi connectivity index (χ4v) is 5.21. The minimum absolute atomic E-state index is 0.0100. The molecule has 1 N–H and O–H groups in total. The zero-order chi connectivity index (χ0) is 30.4. The van der Waals surface area contributed by atoms with Crippen LogP contribution in [0.25, 0.3) is 5.70 Å². The van der Waals surface area contributed by atoms with Crippen LogP contribution in [0.1, 0.15) is 111 Å². The van der Waals surface area contributed by atoms with Crippen LogP contribution in [0, 0.1) is 12.8 Å². The van der Waals surface area contributed by atoms with Gasteiger partial charge in [-0.15, -0.1) is 0 Å². The lowest BCUT2D eigenvalue weighted by atomic mass is 9.95. The van der Waals surface area contributed by atoms with Crippen molar-refractivity contribution in [3.63, 3.8) is 0 Å². The number of aliphatic imine (C=N–C) groups is 1. The lowest BCUT2D eigenvalue weighted by Crippen LogP contribution is -2.42. The van der Waals surface area contributed by atoms with Crippen LogP contribution in [0.3, 0.4) is 0 Å².